The molecule has 1 heterocycles. The molecule has 0 saturated carbocycles. The maximum atomic E-state index is 13.0. The maximum absolute atomic E-state index is 13.0. The highest BCUT2D eigenvalue weighted by Crippen LogP contribution is 2.19. The molecule has 1 amide bonds. The minimum Gasteiger partial charge on any atom is -0.343 e. The average molecular weight is 342 g/mol. The van der Waals surface area contributed by atoms with Crippen LogP contribution in [-0.2, 0) is 14.8 Å². The van der Waals surface area contributed by atoms with Gasteiger partial charge in [-0.05, 0) is 37.1 Å². The van der Waals surface area contributed by atoms with E-state index in [1.807, 2.05) is 4.90 Å². The Morgan fingerprint density at radius 1 is 1.13 bits per heavy atom. The molecule has 1 aliphatic rings. The average Bonchev–Trinajstić information content (AvgIpc) is 2.77. The Labute approximate surface area is 137 Å². The lowest BCUT2D eigenvalue weighted by Crippen LogP contribution is -2.37. The Hall–Kier alpha value is -1.63. The molecule has 0 aromatic heterocycles. The molecule has 5 nitrogen and oxygen atoms in total. The normalized spacial score (nSPS) is 16.0. The highest BCUT2D eigenvalue weighted by atomic mass is 32.2. The van der Waals surface area contributed by atoms with Crippen LogP contribution in [0.2, 0.25) is 0 Å². The molecule has 0 spiro atoms. The predicted molar refractivity (Wildman–Crippen MR) is 88.3 cm³/mol. The van der Waals surface area contributed by atoms with E-state index in [-0.39, 0.29) is 18.9 Å². The molecular formula is C16H23FN2O3S. The quantitative estimate of drug-likeness (QED) is 0.825. The molecule has 1 aromatic rings. The number of hydrogen-bond acceptors (Lipinski definition) is 3. The highest BCUT2D eigenvalue weighted by Gasteiger charge is 2.21. The molecule has 23 heavy (non-hydrogen) atoms. The van der Waals surface area contributed by atoms with Crippen LogP contribution in [-0.4, -0.2) is 45.1 Å². The second-order valence-corrected chi connectivity index (χ2v) is 7.76. The molecule has 2 rings (SSSR count). The van der Waals surface area contributed by atoms with Crippen molar-refractivity contribution in [1.29, 1.82) is 0 Å². The third-order valence-electron chi connectivity index (χ3n) is 4.00. The van der Waals surface area contributed by atoms with Crippen LogP contribution in [0.4, 0.5) is 10.1 Å². The Morgan fingerprint density at radius 2 is 1.70 bits per heavy atom. The fourth-order valence-electron chi connectivity index (χ4n) is 2.77. The summed E-state index contributed by atoms with van der Waals surface area (Å²) < 4.78 is 38.1. The van der Waals surface area contributed by atoms with Crippen molar-refractivity contribution in [2.75, 3.05) is 30.2 Å². The molecule has 1 aromatic carbocycles. The topological polar surface area (TPSA) is 57.7 Å². The van der Waals surface area contributed by atoms with Gasteiger partial charge in [0.2, 0.25) is 15.9 Å². The summed E-state index contributed by atoms with van der Waals surface area (Å²) in [6.45, 7) is 1.56. The van der Waals surface area contributed by atoms with Crippen LogP contribution >= 0.6 is 0 Å². The second-order valence-electron chi connectivity index (χ2n) is 5.86. The van der Waals surface area contributed by atoms with Crippen LogP contribution < -0.4 is 4.31 Å². The van der Waals surface area contributed by atoms with Gasteiger partial charge in [-0.1, -0.05) is 12.8 Å². The van der Waals surface area contributed by atoms with E-state index in [9.17, 15) is 17.6 Å². The van der Waals surface area contributed by atoms with Gasteiger partial charge in [-0.3, -0.25) is 9.10 Å². The summed E-state index contributed by atoms with van der Waals surface area (Å²) in [5.74, 6) is -0.453. The van der Waals surface area contributed by atoms with Gasteiger partial charge < -0.3 is 4.90 Å². The van der Waals surface area contributed by atoms with E-state index in [0.29, 0.717) is 5.69 Å². The van der Waals surface area contributed by atoms with Crippen LogP contribution in [0.1, 0.15) is 32.1 Å². The first-order chi connectivity index (χ1) is 10.9. The summed E-state index contributed by atoms with van der Waals surface area (Å²) in [5.41, 5.74) is 0.373. The van der Waals surface area contributed by atoms with Crippen LogP contribution in [0.3, 0.4) is 0 Å². The Bertz CT molecular complexity index is 623. The zero-order valence-electron chi connectivity index (χ0n) is 13.4. The lowest BCUT2D eigenvalue weighted by molar-refractivity contribution is -0.130. The summed E-state index contributed by atoms with van der Waals surface area (Å²) in [6.07, 6.45) is 5.49. The van der Waals surface area contributed by atoms with Crippen LogP contribution in [0.25, 0.3) is 0 Å². The lowest BCUT2D eigenvalue weighted by Gasteiger charge is -2.25. The second kappa shape index (κ2) is 7.77. The Morgan fingerprint density at radius 3 is 2.22 bits per heavy atom. The van der Waals surface area contributed by atoms with Crippen LogP contribution in [0.15, 0.2) is 24.3 Å². The summed E-state index contributed by atoms with van der Waals surface area (Å²) in [7, 11) is -3.52. The first kappa shape index (κ1) is 17.7. The zero-order chi connectivity index (χ0) is 16.9. The monoisotopic (exact) mass is 342 g/mol. The number of anilines is 1. The fraction of sp³-hybridized carbons (Fsp3) is 0.562. The summed E-state index contributed by atoms with van der Waals surface area (Å²) in [4.78, 5) is 14.1. The number of hydrogen-bond donors (Lipinski definition) is 0. The molecule has 1 aliphatic heterocycles. The number of amides is 1. The third kappa shape index (κ3) is 5.20. The minimum absolute atomic E-state index is 0.0253. The van der Waals surface area contributed by atoms with Gasteiger partial charge in [-0.15, -0.1) is 0 Å². The summed E-state index contributed by atoms with van der Waals surface area (Å²) >= 11 is 0. The Kier molecular flexibility index (Phi) is 5.98. The van der Waals surface area contributed by atoms with Crippen LogP contribution in [0.5, 0.6) is 0 Å². The van der Waals surface area contributed by atoms with Crippen molar-refractivity contribution in [2.24, 2.45) is 0 Å². The van der Waals surface area contributed by atoms with Crippen molar-refractivity contribution in [3.8, 4) is 0 Å². The van der Waals surface area contributed by atoms with E-state index in [4.69, 9.17) is 0 Å². The smallest absolute Gasteiger partial charge is 0.232 e. The van der Waals surface area contributed by atoms with E-state index >= 15 is 0 Å². The summed E-state index contributed by atoms with van der Waals surface area (Å²) in [5, 5.41) is 0. The number of likely N-dealkylation sites (tertiary alicyclic amines) is 1. The first-order valence-corrected chi connectivity index (χ1v) is 9.74. The number of benzene rings is 1. The number of carbonyl (C=O) groups excluding carboxylic acids is 1. The largest absolute Gasteiger partial charge is 0.343 e. The van der Waals surface area contributed by atoms with E-state index in [0.717, 1.165) is 49.3 Å². The zero-order valence-corrected chi connectivity index (χ0v) is 14.2. The Balaban J connectivity index is 2.04. The molecule has 7 heteroatoms. The first-order valence-electron chi connectivity index (χ1n) is 7.89. The molecule has 0 bridgehead atoms. The standard InChI is InChI=1S/C16H23FN2O3S/c1-23(21,22)19(15-8-6-14(17)7-9-15)13-10-16(20)18-11-4-2-3-5-12-18/h6-9H,2-5,10-13H2,1H3. The molecule has 128 valence electrons. The fourth-order valence-corrected chi connectivity index (χ4v) is 3.70. The van der Waals surface area contributed by atoms with Gasteiger partial charge in [0.15, 0.2) is 0 Å². The van der Waals surface area contributed by atoms with Gasteiger partial charge in [0.25, 0.3) is 0 Å². The van der Waals surface area contributed by atoms with Crippen molar-refractivity contribution < 1.29 is 17.6 Å². The summed E-state index contributed by atoms with van der Waals surface area (Å²) in [6, 6.07) is 5.24. The van der Waals surface area contributed by atoms with Crippen LogP contribution in [0, 0.1) is 5.82 Å². The predicted octanol–water partition coefficient (Wildman–Crippen LogP) is 2.38. The molecule has 0 atom stereocenters. The third-order valence-corrected chi connectivity index (χ3v) is 5.20. The lowest BCUT2D eigenvalue weighted by atomic mass is 10.2. The molecule has 1 saturated heterocycles. The highest BCUT2D eigenvalue weighted by molar-refractivity contribution is 7.92. The van der Waals surface area contributed by atoms with E-state index < -0.39 is 15.8 Å². The van der Waals surface area contributed by atoms with Crippen molar-refractivity contribution in [3.63, 3.8) is 0 Å². The maximum Gasteiger partial charge on any atom is 0.232 e. The van der Waals surface area contributed by atoms with Gasteiger partial charge >= 0.3 is 0 Å². The number of rotatable bonds is 5. The van der Waals surface area contributed by atoms with Gasteiger partial charge in [0, 0.05) is 26.1 Å². The van der Waals surface area contributed by atoms with E-state index in [1.165, 1.54) is 24.3 Å². The number of sulfonamides is 1. The van der Waals surface area contributed by atoms with E-state index in [2.05, 4.69) is 0 Å². The van der Waals surface area contributed by atoms with Gasteiger partial charge in [0.05, 0.1) is 11.9 Å². The molecule has 1 fully saturated rings. The number of halogens is 1. The number of carbonyl (C=O) groups is 1. The van der Waals surface area contributed by atoms with Gasteiger partial charge in [-0.25, -0.2) is 12.8 Å². The molecule has 0 radical (unpaired) electrons. The van der Waals surface area contributed by atoms with E-state index in [1.54, 1.807) is 0 Å². The molecule has 0 unspecified atom stereocenters. The van der Waals surface area contributed by atoms with Crippen molar-refractivity contribution in [3.05, 3.63) is 30.1 Å². The molecule has 0 aliphatic carbocycles. The van der Waals surface area contributed by atoms with Gasteiger partial charge in [0.1, 0.15) is 5.82 Å². The molecule has 0 N–H and O–H groups in total. The minimum atomic E-state index is -3.52. The number of nitrogens with zero attached hydrogens (tertiary/aromatic N) is 2. The van der Waals surface area contributed by atoms with Crippen molar-refractivity contribution in [2.45, 2.75) is 32.1 Å². The van der Waals surface area contributed by atoms with Crippen molar-refractivity contribution in [1.82, 2.24) is 4.90 Å². The van der Waals surface area contributed by atoms with Gasteiger partial charge in [-0.2, -0.15) is 0 Å². The van der Waals surface area contributed by atoms with Crippen molar-refractivity contribution >= 4 is 21.6 Å². The SMILES string of the molecule is CS(=O)(=O)N(CCC(=O)N1CCCCCC1)c1ccc(F)cc1. The molecular weight excluding hydrogens is 319 g/mol.